The van der Waals surface area contributed by atoms with Gasteiger partial charge in [0.15, 0.2) is 0 Å². The first-order chi connectivity index (χ1) is 8.08. The van der Waals surface area contributed by atoms with Crippen molar-refractivity contribution in [3.8, 4) is 0 Å². The van der Waals surface area contributed by atoms with Gasteiger partial charge in [0.1, 0.15) is 11.7 Å². The molecule has 0 heterocycles. The fraction of sp³-hybridized carbons (Fsp3) is 0.727. The monoisotopic (exact) mass is 261 g/mol. The number of nitrogens with zero attached hydrogens (tertiary/aromatic N) is 1. The molecule has 18 heavy (non-hydrogen) atoms. The second kappa shape index (κ2) is 6.34. The smallest absolute Gasteiger partial charge is 0.410 e. The van der Waals surface area contributed by atoms with Crippen molar-refractivity contribution in [2.45, 2.75) is 32.5 Å². The number of rotatable bonds is 4. The lowest BCUT2D eigenvalue weighted by Gasteiger charge is -2.25. The van der Waals surface area contributed by atoms with E-state index >= 15 is 0 Å². The minimum Gasteiger partial charge on any atom is -0.463 e. The Morgan fingerprint density at radius 2 is 1.78 bits per heavy atom. The Morgan fingerprint density at radius 3 is 2.17 bits per heavy atom. The first kappa shape index (κ1) is 16.4. The summed E-state index contributed by atoms with van der Waals surface area (Å²) in [6, 6.07) is 0. The van der Waals surface area contributed by atoms with Crippen molar-refractivity contribution in [2.24, 2.45) is 0 Å². The molecular formula is C11H19NO6. The molecule has 0 saturated carbocycles. The van der Waals surface area contributed by atoms with Gasteiger partial charge >= 0.3 is 12.1 Å². The van der Waals surface area contributed by atoms with Crippen LogP contribution in [0.2, 0.25) is 0 Å². The van der Waals surface area contributed by atoms with Crippen LogP contribution < -0.4 is 0 Å². The van der Waals surface area contributed by atoms with Crippen LogP contribution in [-0.4, -0.2) is 60.3 Å². The highest BCUT2D eigenvalue weighted by molar-refractivity contribution is 6.35. The molecule has 0 aromatic rings. The number of ketones is 1. The normalized spacial score (nSPS) is 12.6. The Hall–Kier alpha value is -1.63. The quantitative estimate of drug-likeness (QED) is 0.563. The maximum atomic E-state index is 11.5. The average molecular weight is 261 g/mol. The maximum Gasteiger partial charge on any atom is 0.410 e. The van der Waals surface area contributed by atoms with Crippen LogP contribution in [0.4, 0.5) is 4.79 Å². The van der Waals surface area contributed by atoms with Gasteiger partial charge in [0, 0.05) is 7.05 Å². The summed E-state index contributed by atoms with van der Waals surface area (Å²) >= 11 is 0. The summed E-state index contributed by atoms with van der Waals surface area (Å²) in [5.74, 6) is -2.26. The molecule has 0 saturated heterocycles. The fourth-order valence-electron chi connectivity index (χ4n) is 0.993. The Balaban J connectivity index is 4.39. The van der Waals surface area contributed by atoms with Gasteiger partial charge < -0.3 is 19.5 Å². The molecule has 1 unspecified atom stereocenters. The summed E-state index contributed by atoms with van der Waals surface area (Å²) in [5, 5.41) is 9.44. The molecule has 0 rings (SSSR count). The zero-order valence-electron chi connectivity index (χ0n) is 11.2. The summed E-state index contributed by atoms with van der Waals surface area (Å²) in [6.45, 7) is 4.72. The van der Waals surface area contributed by atoms with Gasteiger partial charge in [0.2, 0.25) is 0 Å². The number of ether oxygens (including phenoxy) is 2. The molecule has 1 N–H and O–H groups in total. The molecule has 0 bridgehead atoms. The van der Waals surface area contributed by atoms with Crippen molar-refractivity contribution in [1.29, 1.82) is 0 Å². The van der Waals surface area contributed by atoms with Gasteiger partial charge in [-0.3, -0.25) is 4.79 Å². The SMILES string of the molecule is COC(=O)C(=O)C(O)CN(C)C(=O)OC(C)(C)C. The number of likely N-dealkylation sites (N-methyl/N-ethyl adjacent to an activating group) is 1. The van der Waals surface area contributed by atoms with Crippen LogP contribution in [0.15, 0.2) is 0 Å². The number of esters is 1. The fourth-order valence-corrected chi connectivity index (χ4v) is 0.993. The number of methoxy groups -OCH3 is 1. The number of amides is 1. The van der Waals surface area contributed by atoms with Crippen molar-refractivity contribution in [1.82, 2.24) is 4.90 Å². The topological polar surface area (TPSA) is 93.1 Å². The Kier molecular flexibility index (Phi) is 5.77. The number of aliphatic hydroxyl groups excluding tert-OH is 1. The molecule has 0 aromatic heterocycles. The summed E-state index contributed by atoms with van der Waals surface area (Å²) in [4.78, 5) is 34.6. The van der Waals surface area contributed by atoms with Crippen LogP contribution in [0, 0.1) is 0 Å². The van der Waals surface area contributed by atoms with Gasteiger partial charge in [-0.2, -0.15) is 0 Å². The van der Waals surface area contributed by atoms with Crippen LogP contribution in [-0.2, 0) is 19.1 Å². The molecule has 0 aromatic carbocycles. The summed E-state index contributed by atoms with van der Waals surface area (Å²) in [5.41, 5.74) is -0.678. The molecule has 0 aliphatic rings. The molecule has 0 aliphatic heterocycles. The van der Waals surface area contributed by atoms with E-state index in [0.29, 0.717) is 0 Å². The lowest BCUT2D eigenvalue weighted by atomic mass is 10.2. The van der Waals surface area contributed by atoms with Crippen molar-refractivity contribution in [3.63, 3.8) is 0 Å². The third-order valence-electron chi connectivity index (χ3n) is 1.84. The van der Waals surface area contributed by atoms with E-state index in [1.54, 1.807) is 20.8 Å². The van der Waals surface area contributed by atoms with E-state index in [2.05, 4.69) is 4.74 Å². The number of carbonyl (C=O) groups is 3. The van der Waals surface area contributed by atoms with Gasteiger partial charge in [0.25, 0.3) is 5.78 Å². The van der Waals surface area contributed by atoms with E-state index in [1.807, 2.05) is 0 Å². The van der Waals surface area contributed by atoms with Crippen LogP contribution >= 0.6 is 0 Å². The summed E-state index contributed by atoms with van der Waals surface area (Å²) in [6.07, 6.45) is -2.32. The van der Waals surface area contributed by atoms with Gasteiger partial charge in [-0.15, -0.1) is 0 Å². The zero-order valence-corrected chi connectivity index (χ0v) is 11.2. The highest BCUT2D eigenvalue weighted by atomic mass is 16.6. The van der Waals surface area contributed by atoms with Crippen LogP contribution in [0.3, 0.4) is 0 Å². The molecule has 104 valence electrons. The van der Waals surface area contributed by atoms with Crippen LogP contribution in [0.25, 0.3) is 0 Å². The van der Waals surface area contributed by atoms with E-state index in [0.717, 1.165) is 12.0 Å². The largest absolute Gasteiger partial charge is 0.463 e. The van der Waals surface area contributed by atoms with Crippen molar-refractivity contribution < 1.29 is 29.0 Å². The van der Waals surface area contributed by atoms with Crippen molar-refractivity contribution in [2.75, 3.05) is 20.7 Å². The highest BCUT2D eigenvalue weighted by Gasteiger charge is 2.28. The van der Waals surface area contributed by atoms with Gasteiger partial charge in [-0.05, 0) is 20.8 Å². The van der Waals surface area contributed by atoms with Crippen molar-refractivity contribution >= 4 is 17.8 Å². The van der Waals surface area contributed by atoms with Crippen LogP contribution in [0.1, 0.15) is 20.8 Å². The van der Waals surface area contributed by atoms with Crippen molar-refractivity contribution in [3.05, 3.63) is 0 Å². The third kappa shape index (κ3) is 5.62. The molecule has 7 nitrogen and oxygen atoms in total. The second-order valence-electron chi connectivity index (χ2n) is 4.73. The van der Waals surface area contributed by atoms with E-state index in [1.165, 1.54) is 7.05 Å². The summed E-state index contributed by atoms with van der Waals surface area (Å²) < 4.78 is 9.19. The zero-order chi connectivity index (χ0) is 14.5. The maximum absolute atomic E-state index is 11.5. The van der Waals surface area contributed by atoms with E-state index in [4.69, 9.17) is 4.74 Å². The molecule has 0 fully saturated rings. The van der Waals surface area contributed by atoms with Gasteiger partial charge in [0.05, 0.1) is 13.7 Å². The number of aliphatic hydroxyl groups is 1. The van der Waals surface area contributed by atoms with Gasteiger partial charge in [-0.25, -0.2) is 9.59 Å². The average Bonchev–Trinajstić information content (AvgIpc) is 2.24. The lowest BCUT2D eigenvalue weighted by molar-refractivity contribution is -0.155. The molecule has 0 radical (unpaired) electrons. The first-order valence-electron chi connectivity index (χ1n) is 5.33. The number of Topliss-reactive ketones (excluding diaryl/α,β-unsaturated/α-hetero) is 1. The summed E-state index contributed by atoms with van der Waals surface area (Å²) in [7, 11) is 2.38. The molecule has 0 spiro atoms. The minimum atomic E-state index is -1.63. The van der Waals surface area contributed by atoms with E-state index in [-0.39, 0.29) is 6.54 Å². The third-order valence-corrected chi connectivity index (χ3v) is 1.84. The second-order valence-corrected chi connectivity index (χ2v) is 4.73. The number of carbonyl (C=O) groups excluding carboxylic acids is 3. The molecule has 1 amide bonds. The standard InChI is InChI=1S/C11H19NO6/c1-11(2,3)18-10(16)12(4)6-7(13)8(14)9(15)17-5/h7,13H,6H2,1-5H3. The molecule has 0 aliphatic carbocycles. The lowest BCUT2D eigenvalue weighted by Crippen LogP contribution is -2.43. The van der Waals surface area contributed by atoms with Crippen LogP contribution in [0.5, 0.6) is 0 Å². The Morgan fingerprint density at radius 1 is 1.28 bits per heavy atom. The predicted octanol–water partition coefficient (Wildman–Crippen LogP) is -0.0437. The predicted molar refractivity (Wildman–Crippen MR) is 61.9 cm³/mol. The minimum absolute atomic E-state index is 0.344. The highest BCUT2D eigenvalue weighted by Crippen LogP contribution is 2.09. The number of hydrogen-bond donors (Lipinski definition) is 1. The Labute approximate surface area is 106 Å². The van der Waals surface area contributed by atoms with E-state index < -0.39 is 29.6 Å². The van der Waals surface area contributed by atoms with E-state index in [9.17, 15) is 19.5 Å². The van der Waals surface area contributed by atoms with Gasteiger partial charge in [-0.1, -0.05) is 0 Å². The first-order valence-corrected chi connectivity index (χ1v) is 5.33. The molecule has 1 atom stereocenters. The molecule has 7 heteroatoms. The molecular weight excluding hydrogens is 242 g/mol. The Bertz CT molecular complexity index is 333. The number of hydrogen-bond acceptors (Lipinski definition) is 6.